The molecule has 3 amide bonds. The molecular formula is C30H22Cl3N3O3S. The Bertz CT molecular complexity index is 1580. The van der Waals surface area contributed by atoms with E-state index in [4.69, 9.17) is 34.8 Å². The number of hydrogen-bond acceptors (Lipinski definition) is 4. The smallest absolute Gasteiger partial charge is 0.272 e. The van der Waals surface area contributed by atoms with Crippen LogP contribution in [0.1, 0.15) is 15.9 Å². The summed E-state index contributed by atoms with van der Waals surface area (Å²) in [5.41, 5.74) is 1.89. The van der Waals surface area contributed by atoms with Crippen molar-refractivity contribution in [2.45, 2.75) is 4.90 Å². The van der Waals surface area contributed by atoms with Gasteiger partial charge in [-0.25, -0.2) is 0 Å². The number of carbonyl (C=O) groups is 3. The Kier molecular flexibility index (Phi) is 10.3. The largest absolute Gasteiger partial charge is 0.325 e. The number of anilines is 2. The molecule has 0 heterocycles. The molecule has 0 aliphatic heterocycles. The van der Waals surface area contributed by atoms with Gasteiger partial charge in [0.25, 0.3) is 11.8 Å². The van der Waals surface area contributed by atoms with Crippen LogP contribution in [0.3, 0.4) is 0 Å². The highest BCUT2D eigenvalue weighted by molar-refractivity contribution is 8.00. The van der Waals surface area contributed by atoms with Crippen LogP contribution in [0.15, 0.2) is 108 Å². The van der Waals surface area contributed by atoms with Crippen molar-refractivity contribution in [1.82, 2.24) is 5.32 Å². The van der Waals surface area contributed by atoms with Gasteiger partial charge in [0.15, 0.2) is 0 Å². The highest BCUT2D eigenvalue weighted by Crippen LogP contribution is 2.28. The van der Waals surface area contributed by atoms with Crippen molar-refractivity contribution in [3.63, 3.8) is 0 Å². The summed E-state index contributed by atoms with van der Waals surface area (Å²) in [7, 11) is 0. The number of halogens is 3. The summed E-state index contributed by atoms with van der Waals surface area (Å²) >= 11 is 19.8. The van der Waals surface area contributed by atoms with Crippen LogP contribution >= 0.6 is 46.6 Å². The summed E-state index contributed by atoms with van der Waals surface area (Å²) < 4.78 is 0. The van der Waals surface area contributed by atoms with Gasteiger partial charge in [0.2, 0.25) is 5.91 Å². The van der Waals surface area contributed by atoms with E-state index in [0.29, 0.717) is 32.5 Å². The fraction of sp³-hybridized carbons (Fsp3) is 0.0333. The molecule has 0 bridgehead atoms. The molecule has 0 saturated carbocycles. The molecule has 0 atom stereocenters. The molecule has 6 nitrogen and oxygen atoms in total. The second-order valence-corrected chi connectivity index (χ2v) is 10.6. The predicted molar refractivity (Wildman–Crippen MR) is 164 cm³/mol. The number of benzene rings is 4. The molecule has 4 aromatic carbocycles. The molecule has 0 unspecified atom stereocenters. The highest BCUT2D eigenvalue weighted by atomic mass is 35.5. The molecule has 0 radical (unpaired) electrons. The Morgan fingerprint density at radius 3 is 2.20 bits per heavy atom. The van der Waals surface area contributed by atoms with Gasteiger partial charge in [-0.1, -0.05) is 77.3 Å². The average Bonchev–Trinajstić information content (AvgIpc) is 2.94. The van der Waals surface area contributed by atoms with Crippen molar-refractivity contribution >= 4 is 81.7 Å². The number of hydrogen-bond donors (Lipinski definition) is 3. The zero-order chi connectivity index (χ0) is 28.5. The van der Waals surface area contributed by atoms with Crippen molar-refractivity contribution in [2.24, 2.45) is 0 Å². The van der Waals surface area contributed by atoms with Gasteiger partial charge in [-0.15, -0.1) is 11.8 Å². The summed E-state index contributed by atoms with van der Waals surface area (Å²) in [6.45, 7) is 0. The van der Waals surface area contributed by atoms with Gasteiger partial charge in [-0.3, -0.25) is 14.4 Å². The minimum atomic E-state index is -0.568. The number of nitrogens with one attached hydrogen (secondary N) is 3. The standard InChI is InChI=1S/C30H22Cl3N3O3S/c31-21-10-5-11-22(16-21)34-27(37)18-40-24-13-6-12-23(17-24)35-30(39)26(15-20-9-4-14-25(32)28(20)33)36-29(38)19-7-2-1-3-8-19/h1-17H,18H2,(H,34,37)(H,35,39)(H,36,38)/b26-15+. The van der Waals surface area contributed by atoms with Crippen LogP contribution < -0.4 is 16.0 Å². The van der Waals surface area contributed by atoms with Crippen LogP contribution in [-0.4, -0.2) is 23.5 Å². The zero-order valence-corrected chi connectivity index (χ0v) is 23.9. The molecule has 4 rings (SSSR count). The van der Waals surface area contributed by atoms with E-state index in [9.17, 15) is 14.4 Å². The summed E-state index contributed by atoms with van der Waals surface area (Å²) in [6.07, 6.45) is 1.46. The lowest BCUT2D eigenvalue weighted by Gasteiger charge is -2.13. The van der Waals surface area contributed by atoms with Gasteiger partial charge in [-0.05, 0) is 66.2 Å². The van der Waals surface area contributed by atoms with E-state index in [1.165, 1.54) is 17.8 Å². The first kappa shape index (κ1) is 29.2. The van der Waals surface area contributed by atoms with Gasteiger partial charge >= 0.3 is 0 Å². The summed E-state index contributed by atoms with van der Waals surface area (Å²) in [5, 5.41) is 9.36. The Hall–Kier alpha value is -3.75. The zero-order valence-electron chi connectivity index (χ0n) is 20.8. The van der Waals surface area contributed by atoms with Crippen molar-refractivity contribution in [2.75, 3.05) is 16.4 Å². The maximum absolute atomic E-state index is 13.3. The fourth-order valence-electron chi connectivity index (χ4n) is 3.50. The van der Waals surface area contributed by atoms with Crippen LogP contribution in [-0.2, 0) is 9.59 Å². The minimum absolute atomic E-state index is 0.0306. The molecule has 4 aromatic rings. The lowest BCUT2D eigenvalue weighted by molar-refractivity contribution is -0.114. The third-order valence-electron chi connectivity index (χ3n) is 5.38. The molecule has 0 spiro atoms. The predicted octanol–water partition coefficient (Wildman–Crippen LogP) is 7.79. The molecule has 0 saturated heterocycles. The average molecular weight is 611 g/mol. The maximum atomic E-state index is 13.3. The summed E-state index contributed by atoms with van der Waals surface area (Å²) in [6, 6.07) is 27.4. The molecule has 0 aromatic heterocycles. The Labute approximate surface area is 250 Å². The number of amides is 3. The second kappa shape index (κ2) is 14.1. The third-order valence-corrected chi connectivity index (χ3v) is 7.44. The van der Waals surface area contributed by atoms with Gasteiger partial charge in [0, 0.05) is 26.9 Å². The number of rotatable bonds is 9. The third kappa shape index (κ3) is 8.37. The second-order valence-electron chi connectivity index (χ2n) is 8.35. The van der Waals surface area contributed by atoms with Gasteiger partial charge < -0.3 is 16.0 Å². The molecule has 3 N–H and O–H groups in total. The molecule has 202 valence electrons. The van der Waals surface area contributed by atoms with E-state index >= 15 is 0 Å². The normalized spacial score (nSPS) is 11.0. The number of carbonyl (C=O) groups excluding carboxylic acids is 3. The lowest BCUT2D eigenvalue weighted by Crippen LogP contribution is -2.30. The first-order valence-electron chi connectivity index (χ1n) is 11.9. The SMILES string of the molecule is O=C(CSc1cccc(NC(=O)/C(=C\c2cccc(Cl)c2Cl)NC(=O)c2ccccc2)c1)Nc1cccc(Cl)c1. The quantitative estimate of drug-likeness (QED) is 0.133. The van der Waals surface area contributed by atoms with E-state index in [2.05, 4.69) is 16.0 Å². The molecule has 0 fully saturated rings. The monoisotopic (exact) mass is 609 g/mol. The molecular weight excluding hydrogens is 589 g/mol. The van der Waals surface area contributed by atoms with Gasteiger partial charge in [0.1, 0.15) is 5.70 Å². The Morgan fingerprint density at radius 1 is 0.750 bits per heavy atom. The Balaban J connectivity index is 1.48. The van der Waals surface area contributed by atoms with Crippen LogP contribution in [0.4, 0.5) is 11.4 Å². The first-order chi connectivity index (χ1) is 19.3. The first-order valence-corrected chi connectivity index (χ1v) is 14.0. The molecule has 0 aliphatic rings. The summed E-state index contributed by atoms with van der Waals surface area (Å²) in [4.78, 5) is 39.3. The van der Waals surface area contributed by atoms with Crippen molar-refractivity contribution in [3.8, 4) is 0 Å². The van der Waals surface area contributed by atoms with Gasteiger partial charge in [-0.2, -0.15) is 0 Å². The van der Waals surface area contributed by atoms with E-state index < -0.39 is 11.8 Å². The van der Waals surface area contributed by atoms with Crippen LogP contribution in [0.5, 0.6) is 0 Å². The van der Waals surface area contributed by atoms with Crippen molar-refractivity contribution in [1.29, 1.82) is 0 Å². The molecule has 10 heteroatoms. The van der Waals surface area contributed by atoms with Crippen LogP contribution in [0, 0.1) is 0 Å². The highest BCUT2D eigenvalue weighted by Gasteiger charge is 2.16. The van der Waals surface area contributed by atoms with Gasteiger partial charge in [0.05, 0.1) is 15.8 Å². The topological polar surface area (TPSA) is 87.3 Å². The molecule has 0 aliphatic carbocycles. The maximum Gasteiger partial charge on any atom is 0.272 e. The summed E-state index contributed by atoms with van der Waals surface area (Å²) in [5.74, 6) is -1.08. The van der Waals surface area contributed by atoms with E-state index in [1.54, 1.807) is 91.0 Å². The van der Waals surface area contributed by atoms with Crippen LogP contribution in [0.25, 0.3) is 6.08 Å². The lowest BCUT2D eigenvalue weighted by atomic mass is 10.1. The van der Waals surface area contributed by atoms with E-state index in [1.807, 2.05) is 6.07 Å². The fourth-order valence-corrected chi connectivity index (χ4v) is 4.81. The van der Waals surface area contributed by atoms with Crippen molar-refractivity contribution < 1.29 is 14.4 Å². The molecule has 40 heavy (non-hydrogen) atoms. The van der Waals surface area contributed by atoms with Crippen molar-refractivity contribution in [3.05, 3.63) is 129 Å². The minimum Gasteiger partial charge on any atom is -0.325 e. The van der Waals surface area contributed by atoms with Crippen LogP contribution in [0.2, 0.25) is 15.1 Å². The van der Waals surface area contributed by atoms with E-state index in [0.717, 1.165) is 4.90 Å². The van der Waals surface area contributed by atoms with E-state index in [-0.39, 0.29) is 22.4 Å². The number of thioether (sulfide) groups is 1. The Morgan fingerprint density at radius 2 is 1.45 bits per heavy atom.